The minimum atomic E-state index is -0.490. The normalized spacial score (nSPS) is 12.9. The van der Waals surface area contributed by atoms with Gasteiger partial charge in [0, 0.05) is 6.04 Å². The van der Waals surface area contributed by atoms with E-state index in [1.807, 2.05) is 40.0 Å². The van der Waals surface area contributed by atoms with Gasteiger partial charge in [0.2, 0.25) is 0 Å². The average molecular weight is 293 g/mol. The SMILES string of the molecule is CCc1c(OCC(=O)OC(C)(C)C)cccc1C(C)NC. The smallest absolute Gasteiger partial charge is 0.344 e. The van der Waals surface area contributed by atoms with Crippen molar-refractivity contribution in [3.05, 3.63) is 29.3 Å². The van der Waals surface area contributed by atoms with Crippen LogP contribution < -0.4 is 10.1 Å². The van der Waals surface area contributed by atoms with Crippen LogP contribution in [-0.2, 0) is 16.0 Å². The first-order valence-corrected chi connectivity index (χ1v) is 7.42. The van der Waals surface area contributed by atoms with Gasteiger partial charge in [-0.15, -0.1) is 0 Å². The molecule has 21 heavy (non-hydrogen) atoms. The third-order valence-corrected chi connectivity index (χ3v) is 3.19. The predicted octanol–water partition coefficient (Wildman–Crippen LogP) is 3.25. The number of nitrogens with one attached hydrogen (secondary N) is 1. The molecule has 1 aromatic carbocycles. The van der Waals surface area contributed by atoms with Crippen molar-refractivity contribution in [2.75, 3.05) is 13.7 Å². The molecule has 1 unspecified atom stereocenters. The number of hydrogen-bond acceptors (Lipinski definition) is 4. The molecule has 0 fully saturated rings. The molecule has 0 amide bonds. The summed E-state index contributed by atoms with van der Waals surface area (Å²) in [6.07, 6.45) is 0.853. The molecular weight excluding hydrogens is 266 g/mol. The lowest BCUT2D eigenvalue weighted by Gasteiger charge is -2.21. The Balaban J connectivity index is 2.82. The minimum absolute atomic E-state index is 0.0678. The molecular formula is C17H27NO3. The van der Waals surface area contributed by atoms with Crippen LogP contribution >= 0.6 is 0 Å². The van der Waals surface area contributed by atoms with Crippen LogP contribution in [0, 0.1) is 0 Å². The van der Waals surface area contributed by atoms with E-state index in [9.17, 15) is 4.79 Å². The highest BCUT2D eigenvalue weighted by Gasteiger charge is 2.18. The maximum atomic E-state index is 11.7. The second-order valence-electron chi connectivity index (χ2n) is 6.06. The zero-order valence-corrected chi connectivity index (χ0v) is 13.9. The third kappa shape index (κ3) is 5.38. The van der Waals surface area contributed by atoms with Gasteiger partial charge < -0.3 is 14.8 Å². The molecule has 0 aliphatic rings. The lowest BCUT2D eigenvalue weighted by Crippen LogP contribution is -2.27. The van der Waals surface area contributed by atoms with E-state index in [0.717, 1.165) is 17.7 Å². The monoisotopic (exact) mass is 293 g/mol. The summed E-state index contributed by atoms with van der Waals surface area (Å²) >= 11 is 0. The van der Waals surface area contributed by atoms with Gasteiger partial charge in [-0.3, -0.25) is 0 Å². The molecule has 0 spiro atoms. The van der Waals surface area contributed by atoms with Crippen LogP contribution in [0.2, 0.25) is 0 Å². The lowest BCUT2D eigenvalue weighted by molar-refractivity contribution is -0.157. The van der Waals surface area contributed by atoms with Crippen LogP contribution in [0.25, 0.3) is 0 Å². The van der Waals surface area contributed by atoms with Gasteiger partial charge in [-0.1, -0.05) is 19.1 Å². The molecule has 1 atom stereocenters. The summed E-state index contributed by atoms with van der Waals surface area (Å²) in [7, 11) is 1.93. The number of rotatable bonds is 6. The van der Waals surface area contributed by atoms with Gasteiger partial charge in [-0.25, -0.2) is 4.79 Å². The van der Waals surface area contributed by atoms with Crippen LogP contribution in [0.1, 0.15) is 51.8 Å². The number of esters is 1. The summed E-state index contributed by atoms with van der Waals surface area (Å²) in [5, 5.41) is 3.23. The fourth-order valence-electron chi connectivity index (χ4n) is 2.17. The van der Waals surface area contributed by atoms with E-state index >= 15 is 0 Å². The van der Waals surface area contributed by atoms with Crippen molar-refractivity contribution in [2.24, 2.45) is 0 Å². The quantitative estimate of drug-likeness (QED) is 0.818. The summed E-state index contributed by atoms with van der Waals surface area (Å²) in [5.74, 6) is 0.402. The molecule has 1 rings (SSSR count). The average Bonchev–Trinajstić information content (AvgIpc) is 2.41. The van der Waals surface area contributed by atoms with E-state index in [-0.39, 0.29) is 18.6 Å². The van der Waals surface area contributed by atoms with Crippen molar-refractivity contribution in [3.8, 4) is 5.75 Å². The van der Waals surface area contributed by atoms with Crippen molar-refractivity contribution in [3.63, 3.8) is 0 Å². The molecule has 1 N–H and O–H groups in total. The van der Waals surface area contributed by atoms with Gasteiger partial charge in [0.25, 0.3) is 0 Å². The van der Waals surface area contributed by atoms with Gasteiger partial charge in [0.1, 0.15) is 11.4 Å². The summed E-state index contributed by atoms with van der Waals surface area (Å²) in [4.78, 5) is 11.7. The van der Waals surface area contributed by atoms with Gasteiger partial charge in [0.05, 0.1) is 0 Å². The molecule has 118 valence electrons. The van der Waals surface area contributed by atoms with Crippen molar-refractivity contribution < 1.29 is 14.3 Å². The first kappa shape index (κ1) is 17.5. The Morgan fingerprint density at radius 2 is 2.00 bits per heavy atom. The highest BCUT2D eigenvalue weighted by molar-refractivity contribution is 5.71. The van der Waals surface area contributed by atoms with E-state index in [1.54, 1.807) is 0 Å². The van der Waals surface area contributed by atoms with Crippen molar-refractivity contribution >= 4 is 5.97 Å². The first-order chi connectivity index (χ1) is 9.78. The molecule has 0 aromatic heterocycles. The molecule has 0 saturated heterocycles. The molecule has 4 heteroatoms. The Morgan fingerprint density at radius 3 is 2.52 bits per heavy atom. The maximum absolute atomic E-state index is 11.7. The van der Waals surface area contributed by atoms with Crippen LogP contribution in [-0.4, -0.2) is 25.2 Å². The van der Waals surface area contributed by atoms with E-state index in [2.05, 4.69) is 25.2 Å². The van der Waals surface area contributed by atoms with Gasteiger partial charge in [0.15, 0.2) is 6.61 Å². The molecule has 1 aromatic rings. The predicted molar refractivity (Wildman–Crippen MR) is 84.6 cm³/mol. The summed E-state index contributed by atoms with van der Waals surface area (Å²) in [5.41, 5.74) is 1.83. The Bertz CT molecular complexity index is 477. The largest absolute Gasteiger partial charge is 0.482 e. The van der Waals surface area contributed by atoms with E-state index in [4.69, 9.17) is 9.47 Å². The second kappa shape index (κ2) is 7.46. The Labute approximate surface area is 127 Å². The van der Waals surface area contributed by atoms with Crippen LogP contribution in [0.5, 0.6) is 5.75 Å². The standard InChI is InChI=1S/C17H27NO3/c1-7-13-14(12(2)18-6)9-8-10-15(13)20-11-16(19)21-17(3,4)5/h8-10,12,18H,7,11H2,1-6H3. The number of carbonyl (C=O) groups excluding carboxylic acids is 1. The maximum Gasteiger partial charge on any atom is 0.344 e. The summed E-state index contributed by atoms with van der Waals surface area (Å²) < 4.78 is 10.9. The zero-order valence-electron chi connectivity index (χ0n) is 13.9. The fraction of sp³-hybridized carbons (Fsp3) is 0.588. The Morgan fingerprint density at radius 1 is 1.33 bits per heavy atom. The number of hydrogen-bond donors (Lipinski definition) is 1. The number of carbonyl (C=O) groups is 1. The second-order valence-corrected chi connectivity index (χ2v) is 6.06. The summed E-state index contributed by atoms with van der Waals surface area (Å²) in [6.45, 7) is 9.65. The van der Waals surface area contributed by atoms with Gasteiger partial charge in [-0.2, -0.15) is 0 Å². The number of benzene rings is 1. The molecule has 0 aliphatic heterocycles. The summed E-state index contributed by atoms with van der Waals surface area (Å²) in [6, 6.07) is 6.17. The molecule has 0 bridgehead atoms. The van der Waals surface area contributed by atoms with E-state index in [0.29, 0.717) is 0 Å². The van der Waals surface area contributed by atoms with E-state index < -0.39 is 5.60 Å². The lowest BCUT2D eigenvalue weighted by atomic mass is 9.98. The van der Waals surface area contributed by atoms with Crippen molar-refractivity contribution in [2.45, 2.75) is 52.7 Å². The highest BCUT2D eigenvalue weighted by Crippen LogP contribution is 2.27. The molecule has 0 saturated carbocycles. The first-order valence-electron chi connectivity index (χ1n) is 7.42. The van der Waals surface area contributed by atoms with Gasteiger partial charge >= 0.3 is 5.97 Å². The molecule has 0 aliphatic carbocycles. The molecule has 4 nitrogen and oxygen atoms in total. The van der Waals surface area contributed by atoms with Crippen molar-refractivity contribution in [1.29, 1.82) is 0 Å². The van der Waals surface area contributed by atoms with Crippen LogP contribution in [0.4, 0.5) is 0 Å². The Kier molecular flexibility index (Phi) is 6.21. The van der Waals surface area contributed by atoms with E-state index in [1.165, 1.54) is 5.56 Å². The number of ether oxygens (including phenoxy) is 2. The van der Waals surface area contributed by atoms with Crippen LogP contribution in [0.15, 0.2) is 18.2 Å². The Hall–Kier alpha value is -1.55. The topological polar surface area (TPSA) is 47.6 Å². The van der Waals surface area contributed by atoms with Gasteiger partial charge in [-0.05, 0) is 58.4 Å². The third-order valence-electron chi connectivity index (χ3n) is 3.19. The van der Waals surface area contributed by atoms with Crippen LogP contribution in [0.3, 0.4) is 0 Å². The minimum Gasteiger partial charge on any atom is -0.482 e. The zero-order chi connectivity index (χ0) is 16.0. The fourth-order valence-corrected chi connectivity index (χ4v) is 2.17. The van der Waals surface area contributed by atoms with Crippen molar-refractivity contribution in [1.82, 2.24) is 5.32 Å². The molecule has 0 heterocycles. The highest BCUT2D eigenvalue weighted by atomic mass is 16.6. The molecule has 0 radical (unpaired) electrons.